The van der Waals surface area contributed by atoms with Crippen molar-refractivity contribution < 1.29 is 14.3 Å². The van der Waals surface area contributed by atoms with E-state index < -0.39 is 5.97 Å². The fraction of sp³-hybridized carbons (Fsp3) is 0.412. The van der Waals surface area contributed by atoms with Gasteiger partial charge in [0.2, 0.25) is 5.91 Å². The summed E-state index contributed by atoms with van der Waals surface area (Å²) in [5, 5.41) is 4.45. The molecule has 2 aromatic rings. The fourth-order valence-corrected chi connectivity index (χ4v) is 3.07. The second kappa shape index (κ2) is 6.82. The zero-order chi connectivity index (χ0) is 17.1. The van der Waals surface area contributed by atoms with E-state index in [1.807, 2.05) is 15.6 Å². The van der Waals surface area contributed by atoms with Gasteiger partial charge < -0.3 is 9.64 Å². The summed E-state index contributed by atoms with van der Waals surface area (Å²) in [6.45, 7) is 3.07. The minimum atomic E-state index is -0.412. The highest BCUT2D eigenvalue weighted by Crippen LogP contribution is 2.28. The standard InChI is InChI=1S/C17H20N4O3/c1-12(22)20-7-4-15(5-8-20)21-16(3-6-19-21)13-9-14(11-18-10-13)17(23)24-2/h3,6,9-11,15H,4-5,7-8H2,1-2H3. The molecule has 0 atom stereocenters. The molecular weight excluding hydrogens is 308 g/mol. The van der Waals surface area contributed by atoms with Gasteiger partial charge in [0.1, 0.15) is 0 Å². The maximum atomic E-state index is 11.7. The second-order valence-electron chi connectivity index (χ2n) is 5.85. The average molecular weight is 328 g/mol. The topological polar surface area (TPSA) is 77.3 Å². The Hall–Kier alpha value is -2.70. The highest BCUT2D eigenvalue weighted by atomic mass is 16.5. The number of hydrogen-bond acceptors (Lipinski definition) is 5. The molecule has 2 aromatic heterocycles. The van der Waals surface area contributed by atoms with Crippen LogP contribution in [-0.2, 0) is 9.53 Å². The van der Waals surface area contributed by atoms with Crippen molar-refractivity contribution >= 4 is 11.9 Å². The molecule has 0 N–H and O–H groups in total. The molecule has 1 aliphatic heterocycles. The van der Waals surface area contributed by atoms with Crippen molar-refractivity contribution in [2.45, 2.75) is 25.8 Å². The number of aromatic nitrogens is 3. The van der Waals surface area contributed by atoms with E-state index in [4.69, 9.17) is 4.74 Å². The van der Waals surface area contributed by atoms with Gasteiger partial charge in [0.15, 0.2) is 0 Å². The summed E-state index contributed by atoms with van der Waals surface area (Å²) in [5.41, 5.74) is 2.15. The van der Waals surface area contributed by atoms with Crippen LogP contribution in [0.3, 0.4) is 0 Å². The molecule has 3 heterocycles. The lowest BCUT2D eigenvalue weighted by Gasteiger charge is -2.32. The highest BCUT2D eigenvalue weighted by Gasteiger charge is 2.24. The van der Waals surface area contributed by atoms with Gasteiger partial charge >= 0.3 is 5.97 Å². The molecule has 3 rings (SSSR count). The van der Waals surface area contributed by atoms with Gasteiger partial charge in [-0.25, -0.2) is 4.79 Å². The van der Waals surface area contributed by atoms with Gasteiger partial charge in [-0.15, -0.1) is 0 Å². The molecule has 126 valence electrons. The van der Waals surface area contributed by atoms with Gasteiger partial charge in [0, 0.05) is 44.2 Å². The third kappa shape index (κ3) is 3.15. The number of amides is 1. The smallest absolute Gasteiger partial charge is 0.339 e. The first kappa shape index (κ1) is 16.2. The Morgan fingerprint density at radius 3 is 2.67 bits per heavy atom. The number of likely N-dealkylation sites (tertiary alicyclic amines) is 1. The van der Waals surface area contributed by atoms with Gasteiger partial charge in [0.05, 0.1) is 24.4 Å². The number of ether oxygens (including phenoxy) is 1. The van der Waals surface area contributed by atoms with Crippen LogP contribution < -0.4 is 0 Å². The first-order chi connectivity index (χ1) is 11.6. The lowest BCUT2D eigenvalue weighted by atomic mass is 10.0. The maximum absolute atomic E-state index is 11.7. The van der Waals surface area contributed by atoms with Crippen molar-refractivity contribution in [3.63, 3.8) is 0 Å². The minimum absolute atomic E-state index is 0.115. The van der Waals surface area contributed by atoms with E-state index in [1.54, 1.807) is 25.4 Å². The van der Waals surface area contributed by atoms with E-state index in [0.717, 1.165) is 37.2 Å². The largest absolute Gasteiger partial charge is 0.465 e. The summed E-state index contributed by atoms with van der Waals surface area (Å²) in [4.78, 5) is 29.2. The first-order valence-corrected chi connectivity index (χ1v) is 7.93. The Morgan fingerprint density at radius 1 is 1.25 bits per heavy atom. The predicted molar refractivity (Wildman–Crippen MR) is 87.3 cm³/mol. The zero-order valence-corrected chi connectivity index (χ0v) is 13.8. The molecule has 1 amide bonds. The molecule has 7 nitrogen and oxygen atoms in total. The monoisotopic (exact) mass is 328 g/mol. The first-order valence-electron chi connectivity index (χ1n) is 7.93. The second-order valence-corrected chi connectivity index (χ2v) is 5.85. The Kier molecular flexibility index (Phi) is 4.59. The van der Waals surface area contributed by atoms with Crippen LogP contribution in [0.1, 0.15) is 36.2 Å². The van der Waals surface area contributed by atoms with Gasteiger partial charge in [-0.05, 0) is 25.0 Å². The number of pyridine rings is 1. The molecule has 1 aliphatic rings. The lowest BCUT2D eigenvalue weighted by molar-refractivity contribution is -0.130. The van der Waals surface area contributed by atoms with Crippen LogP contribution in [0.5, 0.6) is 0 Å². The van der Waals surface area contributed by atoms with Crippen LogP contribution >= 0.6 is 0 Å². The third-order valence-electron chi connectivity index (χ3n) is 4.38. The molecule has 0 saturated carbocycles. The number of nitrogens with zero attached hydrogens (tertiary/aromatic N) is 4. The summed E-state index contributed by atoms with van der Waals surface area (Å²) in [6, 6.07) is 3.90. The van der Waals surface area contributed by atoms with Crippen molar-refractivity contribution in [2.75, 3.05) is 20.2 Å². The van der Waals surface area contributed by atoms with Gasteiger partial charge in [0.25, 0.3) is 0 Å². The van der Waals surface area contributed by atoms with Crippen LogP contribution in [0, 0.1) is 0 Å². The van der Waals surface area contributed by atoms with Crippen LogP contribution in [0.2, 0.25) is 0 Å². The van der Waals surface area contributed by atoms with Crippen molar-refractivity contribution in [3.05, 3.63) is 36.3 Å². The van der Waals surface area contributed by atoms with E-state index in [9.17, 15) is 9.59 Å². The van der Waals surface area contributed by atoms with Crippen molar-refractivity contribution in [2.24, 2.45) is 0 Å². The number of esters is 1. The van der Waals surface area contributed by atoms with Crippen molar-refractivity contribution in [1.29, 1.82) is 0 Å². The molecule has 1 saturated heterocycles. The van der Waals surface area contributed by atoms with E-state index in [0.29, 0.717) is 5.56 Å². The number of methoxy groups -OCH3 is 1. The number of carbonyl (C=O) groups excluding carboxylic acids is 2. The van der Waals surface area contributed by atoms with Gasteiger partial charge in [-0.1, -0.05) is 0 Å². The number of carbonyl (C=O) groups is 2. The molecule has 0 bridgehead atoms. The number of piperidine rings is 1. The van der Waals surface area contributed by atoms with Crippen LogP contribution in [0.15, 0.2) is 30.7 Å². The van der Waals surface area contributed by atoms with Crippen molar-refractivity contribution in [3.8, 4) is 11.3 Å². The van der Waals surface area contributed by atoms with Crippen molar-refractivity contribution in [1.82, 2.24) is 19.7 Å². The molecule has 0 spiro atoms. The normalized spacial score (nSPS) is 15.3. The molecule has 0 unspecified atom stereocenters. The number of rotatable bonds is 3. The molecular formula is C17H20N4O3. The summed E-state index contributed by atoms with van der Waals surface area (Å²) in [7, 11) is 1.35. The van der Waals surface area contributed by atoms with E-state index in [1.165, 1.54) is 13.3 Å². The number of hydrogen-bond donors (Lipinski definition) is 0. The highest BCUT2D eigenvalue weighted by molar-refractivity contribution is 5.90. The third-order valence-corrected chi connectivity index (χ3v) is 4.38. The summed E-state index contributed by atoms with van der Waals surface area (Å²) < 4.78 is 6.72. The van der Waals surface area contributed by atoms with E-state index in [2.05, 4.69) is 10.1 Å². The Labute approximate surface area is 140 Å². The quantitative estimate of drug-likeness (QED) is 0.805. The summed E-state index contributed by atoms with van der Waals surface area (Å²) in [6.07, 6.45) is 6.67. The maximum Gasteiger partial charge on any atom is 0.339 e. The molecule has 24 heavy (non-hydrogen) atoms. The summed E-state index contributed by atoms with van der Waals surface area (Å²) >= 11 is 0. The van der Waals surface area contributed by atoms with Gasteiger partial charge in [-0.2, -0.15) is 5.10 Å². The molecule has 0 radical (unpaired) electrons. The molecule has 7 heteroatoms. The predicted octanol–water partition coefficient (Wildman–Crippen LogP) is 1.92. The lowest BCUT2D eigenvalue weighted by Crippen LogP contribution is -2.38. The fourth-order valence-electron chi connectivity index (χ4n) is 3.07. The average Bonchev–Trinajstić information content (AvgIpc) is 3.11. The van der Waals surface area contributed by atoms with E-state index >= 15 is 0 Å². The SMILES string of the molecule is COC(=O)c1cncc(-c2ccnn2C2CCN(C(C)=O)CC2)c1. The minimum Gasteiger partial charge on any atom is -0.465 e. The van der Waals surface area contributed by atoms with Crippen LogP contribution in [0.4, 0.5) is 0 Å². The Morgan fingerprint density at radius 2 is 2.00 bits per heavy atom. The molecule has 0 aromatic carbocycles. The molecule has 0 aliphatic carbocycles. The Bertz CT molecular complexity index is 748. The Balaban J connectivity index is 1.84. The van der Waals surface area contributed by atoms with E-state index in [-0.39, 0.29) is 11.9 Å². The summed E-state index contributed by atoms with van der Waals surface area (Å²) in [5.74, 6) is -0.297. The molecule has 1 fully saturated rings. The van der Waals surface area contributed by atoms with Crippen LogP contribution in [0.25, 0.3) is 11.3 Å². The van der Waals surface area contributed by atoms with Crippen LogP contribution in [-0.4, -0.2) is 51.7 Å². The zero-order valence-electron chi connectivity index (χ0n) is 13.8. The van der Waals surface area contributed by atoms with Gasteiger partial charge in [-0.3, -0.25) is 14.5 Å².